The van der Waals surface area contributed by atoms with E-state index < -0.39 is 5.54 Å². The Hall–Kier alpha value is -3.15. The Labute approximate surface area is 168 Å². The van der Waals surface area contributed by atoms with Crippen molar-refractivity contribution in [2.45, 2.75) is 25.3 Å². The maximum Gasteiger partial charge on any atom is 0.254 e. The molecule has 2 aliphatic heterocycles. The SMILES string of the molecule is C[C@@]12C(=O)N(CCc3ccccc3F)CC(=O)N1CCc1c2[nH]c2ccccc12. The lowest BCUT2D eigenvalue weighted by molar-refractivity contribution is -0.165. The van der Waals surface area contributed by atoms with E-state index in [1.165, 1.54) is 6.07 Å². The second-order valence-corrected chi connectivity index (χ2v) is 7.96. The number of H-pyrrole nitrogens is 1. The summed E-state index contributed by atoms with van der Waals surface area (Å²) in [7, 11) is 0. The average molecular weight is 391 g/mol. The molecule has 3 aromatic rings. The van der Waals surface area contributed by atoms with Gasteiger partial charge in [-0.05, 0) is 43.0 Å². The normalized spacial score (nSPS) is 21.4. The van der Waals surface area contributed by atoms with E-state index in [1.807, 2.05) is 25.1 Å². The number of para-hydroxylation sites is 1. The number of benzene rings is 2. The number of piperazine rings is 1. The van der Waals surface area contributed by atoms with Crippen LogP contribution in [0.5, 0.6) is 0 Å². The average Bonchev–Trinajstić information content (AvgIpc) is 3.11. The smallest absolute Gasteiger partial charge is 0.254 e. The number of hydrogen-bond donors (Lipinski definition) is 1. The number of carbonyl (C=O) groups is 2. The summed E-state index contributed by atoms with van der Waals surface area (Å²) in [6.45, 7) is 2.70. The Kier molecular flexibility index (Phi) is 3.98. The maximum absolute atomic E-state index is 14.0. The molecule has 0 unspecified atom stereocenters. The molecule has 0 saturated carbocycles. The molecule has 5 nitrogen and oxygen atoms in total. The summed E-state index contributed by atoms with van der Waals surface area (Å²) in [5.41, 5.74) is 2.38. The minimum Gasteiger partial charge on any atom is -0.356 e. The number of hydrogen-bond acceptors (Lipinski definition) is 2. The van der Waals surface area contributed by atoms with Gasteiger partial charge in [-0.1, -0.05) is 36.4 Å². The number of nitrogens with zero attached hydrogens (tertiary/aromatic N) is 2. The molecule has 0 aliphatic carbocycles. The second-order valence-electron chi connectivity index (χ2n) is 7.96. The van der Waals surface area contributed by atoms with Crippen LogP contribution in [0.3, 0.4) is 0 Å². The van der Waals surface area contributed by atoms with Crippen LogP contribution in [0, 0.1) is 5.82 Å². The number of fused-ring (bicyclic) bond motifs is 5. The van der Waals surface area contributed by atoms with E-state index in [0.29, 0.717) is 25.1 Å². The van der Waals surface area contributed by atoms with Gasteiger partial charge in [0, 0.05) is 24.0 Å². The van der Waals surface area contributed by atoms with E-state index in [2.05, 4.69) is 11.1 Å². The van der Waals surface area contributed by atoms with Crippen molar-refractivity contribution in [3.8, 4) is 0 Å². The van der Waals surface area contributed by atoms with Gasteiger partial charge >= 0.3 is 0 Å². The third-order valence-electron chi connectivity index (χ3n) is 6.37. The highest BCUT2D eigenvalue weighted by molar-refractivity contribution is 6.00. The molecule has 2 aromatic carbocycles. The van der Waals surface area contributed by atoms with Crippen LogP contribution < -0.4 is 0 Å². The summed E-state index contributed by atoms with van der Waals surface area (Å²) in [4.78, 5) is 33.2. The number of halogens is 1. The van der Waals surface area contributed by atoms with Crippen LogP contribution in [0.4, 0.5) is 4.39 Å². The summed E-state index contributed by atoms with van der Waals surface area (Å²) in [6, 6.07) is 14.5. The Bertz CT molecular complexity index is 1140. The van der Waals surface area contributed by atoms with Crippen molar-refractivity contribution in [2.24, 2.45) is 0 Å². The molecule has 6 heteroatoms. The zero-order chi connectivity index (χ0) is 20.2. The molecule has 148 valence electrons. The third-order valence-corrected chi connectivity index (χ3v) is 6.37. The van der Waals surface area contributed by atoms with Gasteiger partial charge in [0.15, 0.2) is 5.54 Å². The zero-order valence-electron chi connectivity index (χ0n) is 16.2. The lowest BCUT2D eigenvalue weighted by Crippen LogP contribution is -2.67. The van der Waals surface area contributed by atoms with Crippen molar-refractivity contribution in [3.05, 3.63) is 71.2 Å². The van der Waals surface area contributed by atoms with E-state index >= 15 is 0 Å². The molecule has 1 aromatic heterocycles. The van der Waals surface area contributed by atoms with Gasteiger partial charge in [-0.3, -0.25) is 9.59 Å². The van der Waals surface area contributed by atoms with E-state index in [1.54, 1.807) is 28.0 Å². The molecule has 1 fully saturated rings. The molecule has 1 saturated heterocycles. The highest BCUT2D eigenvalue weighted by atomic mass is 19.1. The zero-order valence-corrected chi connectivity index (χ0v) is 16.2. The van der Waals surface area contributed by atoms with Crippen LogP contribution in [0.1, 0.15) is 23.7 Å². The molecular weight excluding hydrogens is 369 g/mol. The number of carbonyl (C=O) groups excluding carboxylic acids is 2. The van der Waals surface area contributed by atoms with Gasteiger partial charge in [-0.25, -0.2) is 4.39 Å². The molecule has 0 bridgehead atoms. The van der Waals surface area contributed by atoms with Crippen molar-refractivity contribution in [1.82, 2.24) is 14.8 Å². The van der Waals surface area contributed by atoms with Crippen LogP contribution in [0.25, 0.3) is 10.9 Å². The van der Waals surface area contributed by atoms with E-state index in [-0.39, 0.29) is 24.2 Å². The van der Waals surface area contributed by atoms with Gasteiger partial charge in [-0.2, -0.15) is 0 Å². The monoisotopic (exact) mass is 391 g/mol. The number of aromatic nitrogens is 1. The lowest BCUT2D eigenvalue weighted by atomic mass is 9.83. The molecule has 5 rings (SSSR count). The highest BCUT2D eigenvalue weighted by Gasteiger charge is 2.53. The third kappa shape index (κ3) is 2.58. The van der Waals surface area contributed by atoms with Crippen molar-refractivity contribution < 1.29 is 14.0 Å². The van der Waals surface area contributed by atoms with Crippen molar-refractivity contribution in [1.29, 1.82) is 0 Å². The maximum atomic E-state index is 14.0. The molecule has 3 heterocycles. The summed E-state index contributed by atoms with van der Waals surface area (Å²) >= 11 is 0. The number of nitrogens with one attached hydrogen (secondary N) is 1. The Morgan fingerprint density at radius 1 is 1.10 bits per heavy atom. The van der Waals surface area contributed by atoms with Gasteiger partial charge in [-0.15, -0.1) is 0 Å². The van der Waals surface area contributed by atoms with E-state index in [4.69, 9.17) is 0 Å². The summed E-state index contributed by atoms with van der Waals surface area (Å²) < 4.78 is 14.0. The number of aromatic amines is 1. The molecular formula is C23H22FN3O2. The van der Waals surface area contributed by atoms with Crippen molar-refractivity contribution in [2.75, 3.05) is 19.6 Å². The van der Waals surface area contributed by atoms with Gasteiger partial charge in [0.05, 0.1) is 12.2 Å². The van der Waals surface area contributed by atoms with Crippen LogP contribution in [-0.2, 0) is 28.0 Å². The highest BCUT2D eigenvalue weighted by Crippen LogP contribution is 2.41. The Balaban J connectivity index is 1.51. The Morgan fingerprint density at radius 3 is 2.69 bits per heavy atom. The minimum absolute atomic E-state index is 0.0401. The summed E-state index contributed by atoms with van der Waals surface area (Å²) in [6.07, 6.45) is 1.10. The fourth-order valence-electron chi connectivity index (χ4n) is 4.82. The summed E-state index contributed by atoms with van der Waals surface area (Å²) in [5, 5.41) is 1.10. The predicted molar refractivity (Wildman–Crippen MR) is 108 cm³/mol. The quantitative estimate of drug-likeness (QED) is 0.746. The predicted octanol–water partition coefficient (Wildman–Crippen LogP) is 2.99. The van der Waals surface area contributed by atoms with Crippen LogP contribution in [0.2, 0.25) is 0 Å². The van der Waals surface area contributed by atoms with Crippen LogP contribution >= 0.6 is 0 Å². The van der Waals surface area contributed by atoms with Crippen LogP contribution in [-0.4, -0.2) is 46.2 Å². The first-order chi connectivity index (χ1) is 14.0. The molecule has 1 N–H and O–H groups in total. The van der Waals surface area contributed by atoms with Gasteiger partial charge < -0.3 is 14.8 Å². The molecule has 29 heavy (non-hydrogen) atoms. The fraction of sp³-hybridized carbons (Fsp3) is 0.304. The molecule has 2 amide bonds. The van der Waals surface area contributed by atoms with Crippen molar-refractivity contribution >= 4 is 22.7 Å². The topological polar surface area (TPSA) is 56.4 Å². The largest absolute Gasteiger partial charge is 0.356 e. The second kappa shape index (κ2) is 6.44. The Morgan fingerprint density at radius 2 is 1.86 bits per heavy atom. The van der Waals surface area contributed by atoms with Gasteiger partial charge in [0.2, 0.25) is 5.91 Å². The first kappa shape index (κ1) is 17.9. The fourth-order valence-corrected chi connectivity index (χ4v) is 4.82. The van der Waals surface area contributed by atoms with Gasteiger partial charge in [0.1, 0.15) is 5.82 Å². The first-order valence-electron chi connectivity index (χ1n) is 9.93. The molecule has 1 atom stereocenters. The number of amides is 2. The molecule has 2 aliphatic rings. The standard InChI is InChI=1S/C23H22FN3O2/c1-23-21-17(16-7-3-5-9-19(16)25-21)11-13-27(23)20(28)14-26(22(23)29)12-10-15-6-2-4-8-18(15)24/h2-9,25H,10-14H2,1H3/t23-/m1/s1. The number of rotatable bonds is 3. The first-order valence-corrected chi connectivity index (χ1v) is 9.93. The van der Waals surface area contributed by atoms with E-state index in [0.717, 1.165) is 28.6 Å². The van der Waals surface area contributed by atoms with E-state index in [9.17, 15) is 14.0 Å². The van der Waals surface area contributed by atoms with Gasteiger partial charge in [0.25, 0.3) is 5.91 Å². The van der Waals surface area contributed by atoms with Crippen molar-refractivity contribution in [3.63, 3.8) is 0 Å². The minimum atomic E-state index is -1.06. The van der Waals surface area contributed by atoms with Crippen LogP contribution in [0.15, 0.2) is 48.5 Å². The lowest BCUT2D eigenvalue weighted by Gasteiger charge is -2.49. The molecule has 0 spiro atoms. The summed E-state index contributed by atoms with van der Waals surface area (Å²) in [5.74, 6) is -0.461. The molecule has 0 radical (unpaired) electrons.